The van der Waals surface area contributed by atoms with Gasteiger partial charge in [-0.3, -0.25) is 9.59 Å². The van der Waals surface area contributed by atoms with E-state index in [9.17, 15) is 9.59 Å². The number of ether oxygens (including phenoxy) is 1. The van der Waals surface area contributed by atoms with Crippen LogP contribution in [0.3, 0.4) is 0 Å². The van der Waals surface area contributed by atoms with Crippen LogP contribution in [0.5, 0.6) is 5.75 Å². The van der Waals surface area contributed by atoms with Gasteiger partial charge < -0.3 is 14.7 Å². The number of amides is 1. The van der Waals surface area contributed by atoms with Crippen LogP contribution in [-0.2, 0) is 11.3 Å². The SMILES string of the molecule is COc1ccsc1C(=O)N(CCC(=O)O)Cc1cccc(Br)c1. The number of carbonyl (C=O) groups is 2. The van der Waals surface area contributed by atoms with E-state index in [1.165, 1.54) is 23.3 Å². The lowest BCUT2D eigenvalue weighted by Crippen LogP contribution is -2.32. The molecule has 23 heavy (non-hydrogen) atoms. The molecule has 0 bridgehead atoms. The highest BCUT2D eigenvalue weighted by atomic mass is 79.9. The van der Waals surface area contributed by atoms with Gasteiger partial charge in [0.2, 0.25) is 0 Å². The summed E-state index contributed by atoms with van der Waals surface area (Å²) in [4.78, 5) is 25.6. The molecule has 1 amide bonds. The zero-order valence-corrected chi connectivity index (χ0v) is 14.9. The summed E-state index contributed by atoms with van der Waals surface area (Å²) < 4.78 is 6.10. The highest BCUT2D eigenvalue weighted by Crippen LogP contribution is 2.27. The average Bonchev–Trinajstić information content (AvgIpc) is 2.99. The van der Waals surface area contributed by atoms with Gasteiger partial charge >= 0.3 is 5.97 Å². The normalized spacial score (nSPS) is 10.3. The molecule has 0 aliphatic heterocycles. The van der Waals surface area contributed by atoms with Gasteiger partial charge in [0.15, 0.2) is 0 Å². The van der Waals surface area contributed by atoms with Crippen molar-refractivity contribution in [3.63, 3.8) is 0 Å². The van der Waals surface area contributed by atoms with Crippen LogP contribution in [0.4, 0.5) is 0 Å². The number of thiophene rings is 1. The van der Waals surface area contributed by atoms with Crippen LogP contribution in [0.1, 0.15) is 21.7 Å². The van der Waals surface area contributed by atoms with E-state index in [1.807, 2.05) is 24.3 Å². The molecule has 1 heterocycles. The second-order valence-electron chi connectivity index (χ2n) is 4.82. The second kappa shape index (κ2) is 8.12. The zero-order valence-electron chi connectivity index (χ0n) is 12.5. The Morgan fingerprint density at radius 1 is 1.35 bits per heavy atom. The second-order valence-corrected chi connectivity index (χ2v) is 6.65. The van der Waals surface area contributed by atoms with Crippen molar-refractivity contribution in [1.29, 1.82) is 0 Å². The molecule has 2 aromatic rings. The third-order valence-electron chi connectivity index (χ3n) is 3.19. The highest BCUT2D eigenvalue weighted by Gasteiger charge is 2.22. The van der Waals surface area contributed by atoms with E-state index in [0.717, 1.165) is 10.0 Å². The van der Waals surface area contributed by atoms with Crippen molar-refractivity contribution in [2.24, 2.45) is 0 Å². The van der Waals surface area contributed by atoms with Gasteiger partial charge in [0.25, 0.3) is 5.91 Å². The zero-order chi connectivity index (χ0) is 16.8. The number of carboxylic acids is 1. The Labute approximate surface area is 146 Å². The predicted molar refractivity (Wildman–Crippen MR) is 92.0 cm³/mol. The van der Waals surface area contributed by atoms with Crippen molar-refractivity contribution in [3.05, 3.63) is 50.6 Å². The number of nitrogens with zero attached hydrogens (tertiary/aromatic N) is 1. The van der Waals surface area contributed by atoms with Gasteiger partial charge in [-0.25, -0.2) is 0 Å². The Kier molecular flexibility index (Phi) is 6.18. The molecule has 0 unspecified atom stereocenters. The van der Waals surface area contributed by atoms with E-state index in [1.54, 1.807) is 11.4 Å². The predicted octanol–water partition coefficient (Wildman–Crippen LogP) is 3.64. The molecule has 1 aromatic heterocycles. The van der Waals surface area contributed by atoms with Crippen molar-refractivity contribution in [1.82, 2.24) is 4.90 Å². The minimum Gasteiger partial charge on any atom is -0.495 e. The van der Waals surface area contributed by atoms with Gasteiger partial charge in [0.05, 0.1) is 13.5 Å². The largest absolute Gasteiger partial charge is 0.495 e. The quantitative estimate of drug-likeness (QED) is 0.774. The maximum Gasteiger partial charge on any atom is 0.305 e. The number of carboxylic acid groups (broad SMARTS) is 1. The number of aliphatic carboxylic acids is 1. The molecule has 0 radical (unpaired) electrons. The molecule has 0 aliphatic carbocycles. The molecule has 122 valence electrons. The molecule has 0 aliphatic rings. The van der Waals surface area contributed by atoms with E-state index >= 15 is 0 Å². The van der Waals surface area contributed by atoms with Crippen LogP contribution in [0, 0.1) is 0 Å². The molecule has 0 saturated carbocycles. The van der Waals surface area contributed by atoms with E-state index < -0.39 is 5.97 Å². The van der Waals surface area contributed by atoms with Gasteiger partial charge in [-0.1, -0.05) is 28.1 Å². The lowest BCUT2D eigenvalue weighted by molar-refractivity contribution is -0.137. The lowest BCUT2D eigenvalue weighted by Gasteiger charge is -2.22. The summed E-state index contributed by atoms with van der Waals surface area (Å²) >= 11 is 4.68. The molecule has 1 N–H and O–H groups in total. The van der Waals surface area contributed by atoms with Crippen molar-refractivity contribution in [3.8, 4) is 5.75 Å². The number of methoxy groups -OCH3 is 1. The Balaban J connectivity index is 2.22. The Bertz CT molecular complexity index is 701. The van der Waals surface area contributed by atoms with Gasteiger partial charge in [0.1, 0.15) is 10.6 Å². The Hall–Kier alpha value is -1.86. The lowest BCUT2D eigenvalue weighted by atomic mass is 10.2. The minimum absolute atomic E-state index is 0.104. The molecule has 0 fully saturated rings. The average molecular weight is 398 g/mol. The minimum atomic E-state index is -0.935. The van der Waals surface area contributed by atoms with E-state index in [4.69, 9.17) is 9.84 Å². The van der Waals surface area contributed by atoms with Crippen LogP contribution in [0.15, 0.2) is 40.2 Å². The first-order valence-electron chi connectivity index (χ1n) is 6.88. The van der Waals surface area contributed by atoms with Crippen molar-refractivity contribution in [2.75, 3.05) is 13.7 Å². The van der Waals surface area contributed by atoms with Crippen LogP contribution in [0.25, 0.3) is 0 Å². The summed E-state index contributed by atoms with van der Waals surface area (Å²) in [5.74, 6) is -0.650. The smallest absolute Gasteiger partial charge is 0.305 e. The number of hydrogen-bond acceptors (Lipinski definition) is 4. The molecule has 0 atom stereocenters. The number of rotatable bonds is 7. The maximum absolute atomic E-state index is 12.7. The van der Waals surface area contributed by atoms with Crippen LogP contribution < -0.4 is 4.74 Å². The van der Waals surface area contributed by atoms with Crippen LogP contribution in [-0.4, -0.2) is 35.5 Å². The van der Waals surface area contributed by atoms with Crippen LogP contribution in [0.2, 0.25) is 0 Å². The molecule has 7 heteroatoms. The number of hydrogen-bond donors (Lipinski definition) is 1. The highest BCUT2D eigenvalue weighted by molar-refractivity contribution is 9.10. The molecule has 0 saturated heterocycles. The van der Waals surface area contributed by atoms with Crippen molar-refractivity contribution >= 4 is 39.1 Å². The first-order chi connectivity index (χ1) is 11.0. The van der Waals surface area contributed by atoms with Crippen LogP contribution >= 0.6 is 27.3 Å². The first kappa shape index (κ1) is 17.5. The fourth-order valence-electron chi connectivity index (χ4n) is 2.10. The van der Waals surface area contributed by atoms with Gasteiger partial charge in [0, 0.05) is 17.6 Å². The summed E-state index contributed by atoms with van der Waals surface area (Å²) in [5, 5.41) is 10.7. The fourth-order valence-corrected chi connectivity index (χ4v) is 3.37. The number of carbonyl (C=O) groups excluding carboxylic acids is 1. The van der Waals surface area contributed by atoms with Gasteiger partial charge in [-0.05, 0) is 29.1 Å². The fraction of sp³-hybridized carbons (Fsp3) is 0.250. The summed E-state index contributed by atoms with van der Waals surface area (Å²) in [6.07, 6.45) is -0.104. The van der Waals surface area contributed by atoms with Crippen molar-refractivity contribution in [2.45, 2.75) is 13.0 Å². The molecular weight excluding hydrogens is 382 g/mol. The Morgan fingerprint density at radius 2 is 2.13 bits per heavy atom. The molecular formula is C16H16BrNO4S. The topological polar surface area (TPSA) is 66.8 Å². The number of benzene rings is 1. The van der Waals surface area contributed by atoms with E-state index in [-0.39, 0.29) is 18.9 Å². The summed E-state index contributed by atoms with van der Waals surface area (Å²) in [7, 11) is 1.51. The standard InChI is InChI=1S/C16H16BrNO4S/c1-22-13-6-8-23-15(13)16(21)18(7-5-14(19)20)10-11-3-2-4-12(17)9-11/h2-4,6,8-9H,5,7,10H2,1H3,(H,19,20). The third kappa shape index (κ3) is 4.80. The molecule has 2 rings (SSSR count). The van der Waals surface area contributed by atoms with E-state index in [0.29, 0.717) is 17.2 Å². The molecule has 5 nitrogen and oxygen atoms in total. The summed E-state index contributed by atoms with van der Waals surface area (Å²) in [6, 6.07) is 9.32. The van der Waals surface area contributed by atoms with Gasteiger partial charge in [-0.15, -0.1) is 11.3 Å². The maximum atomic E-state index is 12.7. The van der Waals surface area contributed by atoms with E-state index in [2.05, 4.69) is 15.9 Å². The molecule has 1 aromatic carbocycles. The first-order valence-corrected chi connectivity index (χ1v) is 8.55. The van der Waals surface area contributed by atoms with Crippen molar-refractivity contribution < 1.29 is 19.4 Å². The molecule has 0 spiro atoms. The Morgan fingerprint density at radius 3 is 2.78 bits per heavy atom. The third-order valence-corrected chi connectivity index (χ3v) is 4.57. The number of halogens is 1. The monoisotopic (exact) mass is 397 g/mol. The summed E-state index contributed by atoms with van der Waals surface area (Å²) in [6.45, 7) is 0.480. The van der Waals surface area contributed by atoms with Gasteiger partial charge in [-0.2, -0.15) is 0 Å². The summed E-state index contributed by atoms with van der Waals surface area (Å²) in [5.41, 5.74) is 0.925.